The Hall–Kier alpha value is -1.58. The third-order valence-electron chi connectivity index (χ3n) is 2.82. The predicted molar refractivity (Wildman–Crippen MR) is 63.0 cm³/mol. The van der Waals surface area contributed by atoms with Crippen LogP contribution in [0.2, 0.25) is 0 Å². The minimum absolute atomic E-state index is 0.203. The Labute approximate surface area is 107 Å². The van der Waals surface area contributed by atoms with Crippen LogP contribution in [0.15, 0.2) is 22.7 Å². The number of hydrogen-bond acceptors (Lipinski definition) is 4. The third kappa shape index (κ3) is 2.19. The summed E-state index contributed by atoms with van der Waals surface area (Å²) in [5.74, 6) is -3.34. The molecule has 0 aromatic rings. The second-order valence-electron chi connectivity index (χ2n) is 6.57. The second kappa shape index (κ2) is 3.97. The lowest BCUT2D eigenvalue weighted by atomic mass is 9.73. The van der Waals surface area contributed by atoms with Crippen LogP contribution in [0.5, 0.6) is 0 Å². The Morgan fingerprint density at radius 1 is 0.667 bits per heavy atom. The first-order chi connectivity index (χ1) is 7.89. The molecule has 4 heteroatoms. The predicted octanol–water partition coefficient (Wildman–Crippen LogP) is 0.459. The molecule has 0 aromatic carbocycles. The van der Waals surface area contributed by atoms with Crippen molar-refractivity contribution < 1.29 is 19.8 Å². The van der Waals surface area contributed by atoms with Gasteiger partial charge in [0.1, 0.15) is 0 Å². The van der Waals surface area contributed by atoms with Gasteiger partial charge in [0, 0.05) is 11.1 Å². The van der Waals surface area contributed by atoms with Crippen molar-refractivity contribution in [3.63, 3.8) is 0 Å². The highest BCUT2D eigenvalue weighted by Crippen LogP contribution is 2.38. The Kier molecular flexibility index (Phi) is 3.19. The molecule has 1 rings (SSSR count). The minimum Gasteiger partial charge on any atom is -0.870 e. The molecule has 0 bridgehead atoms. The van der Waals surface area contributed by atoms with Crippen molar-refractivity contribution >= 4 is 11.6 Å². The van der Waals surface area contributed by atoms with Crippen LogP contribution in [0.1, 0.15) is 41.5 Å². The van der Waals surface area contributed by atoms with E-state index >= 15 is 0 Å². The van der Waals surface area contributed by atoms with Gasteiger partial charge in [-0.25, -0.2) is 0 Å². The van der Waals surface area contributed by atoms with Crippen LogP contribution in [0.25, 0.3) is 0 Å². The van der Waals surface area contributed by atoms with Crippen molar-refractivity contribution in [3.05, 3.63) is 22.7 Å². The minimum atomic E-state index is -0.836. The van der Waals surface area contributed by atoms with Crippen LogP contribution in [0.3, 0.4) is 0 Å². The van der Waals surface area contributed by atoms with E-state index in [4.69, 9.17) is 0 Å². The summed E-state index contributed by atoms with van der Waals surface area (Å²) in [6, 6.07) is 0. The van der Waals surface area contributed by atoms with Crippen molar-refractivity contribution in [2.75, 3.05) is 0 Å². The maximum Gasteiger partial charge on any atom is 0.174 e. The lowest BCUT2D eigenvalue weighted by Gasteiger charge is -2.39. The summed E-state index contributed by atoms with van der Waals surface area (Å²) in [7, 11) is 0. The smallest absolute Gasteiger partial charge is 0.174 e. The van der Waals surface area contributed by atoms with Crippen LogP contribution in [-0.4, -0.2) is 11.6 Å². The summed E-state index contributed by atoms with van der Waals surface area (Å²) in [5.41, 5.74) is -2.01. The number of hydrogen-bond donors (Lipinski definition) is 0. The molecule has 0 heterocycles. The largest absolute Gasteiger partial charge is 0.870 e. The molecule has 18 heavy (non-hydrogen) atoms. The maximum atomic E-state index is 12.0. The van der Waals surface area contributed by atoms with E-state index in [1.807, 2.05) is 0 Å². The first kappa shape index (κ1) is 14.5. The van der Waals surface area contributed by atoms with Gasteiger partial charge >= 0.3 is 0 Å². The van der Waals surface area contributed by atoms with Crippen LogP contribution in [0.4, 0.5) is 0 Å². The summed E-state index contributed by atoms with van der Waals surface area (Å²) in [4.78, 5) is 24.0. The molecule has 1 aliphatic carbocycles. The van der Waals surface area contributed by atoms with Gasteiger partial charge in [0.15, 0.2) is 11.6 Å². The number of carbonyl (C=O) groups excluding carboxylic acids is 2. The van der Waals surface area contributed by atoms with Crippen molar-refractivity contribution in [3.8, 4) is 0 Å². The van der Waals surface area contributed by atoms with Gasteiger partial charge < -0.3 is 10.2 Å². The van der Waals surface area contributed by atoms with E-state index < -0.39 is 33.9 Å². The van der Waals surface area contributed by atoms with E-state index in [-0.39, 0.29) is 11.1 Å². The maximum absolute atomic E-state index is 12.0. The fraction of sp³-hybridized carbons (Fsp3) is 0.571. The number of Topliss-reactive ketones (excluding diaryl/α,β-unsaturated/α-hetero) is 2. The summed E-state index contributed by atoms with van der Waals surface area (Å²) < 4.78 is 0. The zero-order valence-corrected chi connectivity index (χ0v) is 11.6. The highest BCUT2D eigenvalue weighted by atomic mass is 16.3. The molecule has 0 radical (unpaired) electrons. The standard InChI is InChI=1S/C14H20O4/c1-13(2,3)7-9(15)11(17)8(14(4,5)6)12(18)10(7)16/h15,18H,1-6H3/p-2. The molecule has 0 atom stereocenters. The first-order valence-corrected chi connectivity index (χ1v) is 5.82. The Balaban J connectivity index is 3.52. The SMILES string of the molecule is CC(C)(C)C1=C([O-])C(=O)C(C(C)(C)C)=C([O-])C1=O. The summed E-state index contributed by atoms with van der Waals surface area (Å²) in [6.07, 6.45) is 0. The molecule has 0 N–H and O–H groups in total. The summed E-state index contributed by atoms with van der Waals surface area (Å²) in [6.45, 7) is 9.84. The zero-order chi connectivity index (χ0) is 14.5. The average Bonchev–Trinajstić information content (AvgIpc) is 2.10. The summed E-state index contributed by atoms with van der Waals surface area (Å²) in [5, 5.41) is 24.0. The Morgan fingerprint density at radius 3 is 1.06 bits per heavy atom. The van der Waals surface area contributed by atoms with Crippen molar-refractivity contribution in [1.29, 1.82) is 0 Å². The van der Waals surface area contributed by atoms with Gasteiger partial charge in [-0.3, -0.25) is 9.59 Å². The van der Waals surface area contributed by atoms with Gasteiger partial charge in [0.05, 0.1) is 0 Å². The molecule has 100 valence electrons. The van der Waals surface area contributed by atoms with E-state index in [9.17, 15) is 19.8 Å². The lowest BCUT2D eigenvalue weighted by Crippen LogP contribution is -2.41. The molecular formula is C14H18O4-2. The normalized spacial score (nSPS) is 18.8. The molecule has 0 amide bonds. The number of carbonyl (C=O) groups is 2. The van der Waals surface area contributed by atoms with E-state index in [2.05, 4.69) is 0 Å². The number of rotatable bonds is 0. The topological polar surface area (TPSA) is 80.3 Å². The van der Waals surface area contributed by atoms with Crippen molar-refractivity contribution in [1.82, 2.24) is 0 Å². The molecule has 0 unspecified atom stereocenters. The summed E-state index contributed by atoms with van der Waals surface area (Å²) >= 11 is 0. The van der Waals surface area contributed by atoms with Gasteiger partial charge in [0.25, 0.3) is 0 Å². The fourth-order valence-corrected chi connectivity index (χ4v) is 2.02. The molecule has 1 aliphatic rings. The van der Waals surface area contributed by atoms with Gasteiger partial charge in [-0.2, -0.15) is 0 Å². The van der Waals surface area contributed by atoms with Gasteiger partial charge in [-0.1, -0.05) is 53.1 Å². The zero-order valence-electron chi connectivity index (χ0n) is 11.6. The lowest BCUT2D eigenvalue weighted by molar-refractivity contribution is -0.310. The Bertz CT molecular complexity index is 433. The van der Waals surface area contributed by atoms with E-state index in [1.165, 1.54) is 0 Å². The first-order valence-electron chi connectivity index (χ1n) is 5.82. The highest BCUT2D eigenvalue weighted by molar-refractivity contribution is 6.23. The van der Waals surface area contributed by atoms with Crippen molar-refractivity contribution in [2.45, 2.75) is 41.5 Å². The van der Waals surface area contributed by atoms with Crippen LogP contribution in [-0.2, 0) is 9.59 Å². The molecule has 0 saturated heterocycles. The Morgan fingerprint density at radius 2 is 0.889 bits per heavy atom. The van der Waals surface area contributed by atoms with Crippen molar-refractivity contribution in [2.24, 2.45) is 10.8 Å². The molecular weight excluding hydrogens is 232 g/mol. The van der Waals surface area contributed by atoms with E-state index in [1.54, 1.807) is 41.5 Å². The average molecular weight is 250 g/mol. The van der Waals surface area contributed by atoms with Gasteiger partial charge in [-0.15, -0.1) is 0 Å². The van der Waals surface area contributed by atoms with E-state index in [0.29, 0.717) is 0 Å². The van der Waals surface area contributed by atoms with Gasteiger partial charge in [-0.05, 0) is 10.8 Å². The molecule has 4 nitrogen and oxygen atoms in total. The molecule has 0 fully saturated rings. The van der Waals surface area contributed by atoms with E-state index in [0.717, 1.165) is 0 Å². The van der Waals surface area contributed by atoms with Gasteiger partial charge in [0.2, 0.25) is 0 Å². The molecule has 0 saturated carbocycles. The number of ketones is 2. The fourth-order valence-electron chi connectivity index (χ4n) is 2.02. The number of allylic oxidation sites excluding steroid dienone is 2. The second-order valence-corrected chi connectivity index (χ2v) is 6.57. The molecule has 0 spiro atoms. The third-order valence-corrected chi connectivity index (χ3v) is 2.82. The molecule has 0 aliphatic heterocycles. The van der Waals surface area contributed by atoms with Crippen LogP contribution >= 0.6 is 0 Å². The quantitative estimate of drug-likeness (QED) is 0.585. The highest BCUT2D eigenvalue weighted by Gasteiger charge is 2.35. The molecule has 0 aromatic heterocycles. The monoisotopic (exact) mass is 250 g/mol. The van der Waals surface area contributed by atoms with Crippen LogP contribution < -0.4 is 10.2 Å². The van der Waals surface area contributed by atoms with Crippen LogP contribution in [0, 0.1) is 10.8 Å².